The van der Waals surface area contributed by atoms with Crippen molar-refractivity contribution in [1.82, 2.24) is 10.3 Å². The summed E-state index contributed by atoms with van der Waals surface area (Å²) in [6, 6.07) is 11.2. The molecule has 1 saturated carbocycles. The van der Waals surface area contributed by atoms with Crippen LogP contribution < -0.4 is 15.4 Å². The van der Waals surface area contributed by atoms with Crippen molar-refractivity contribution in [3.05, 3.63) is 54.4 Å². The Morgan fingerprint density at radius 3 is 2.28 bits per heavy atom. The standard InChI is InChI=1S/C23H29N3O3/c1-16(2)29-21-11-9-20(10-12-21)26-23(28)19-7-5-18(6-8-19)22(27)25-15-17-4-3-13-24-14-17/h3-4,9-14,16,18-19H,5-8,15H2,1-2H3,(H,25,27)(H,26,28). The third kappa shape index (κ3) is 6.31. The molecule has 1 aromatic carbocycles. The smallest absolute Gasteiger partial charge is 0.227 e. The summed E-state index contributed by atoms with van der Waals surface area (Å²) in [5.74, 6) is 0.799. The van der Waals surface area contributed by atoms with Crippen molar-refractivity contribution in [1.29, 1.82) is 0 Å². The van der Waals surface area contributed by atoms with E-state index in [0.717, 1.165) is 42.7 Å². The Labute approximate surface area is 172 Å². The molecule has 1 heterocycles. The minimum Gasteiger partial charge on any atom is -0.491 e. The van der Waals surface area contributed by atoms with Crippen molar-refractivity contribution in [2.24, 2.45) is 11.8 Å². The van der Waals surface area contributed by atoms with Crippen LogP contribution in [0.1, 0.15) is 45.1 Å². The quantitative estimate of drug-likeness (QED) is 0.744. The van der Waals surface area contributed by atoms with E-state index in [9.17, 15) is 9.59 Å². The highest BCUT2D eigenvalue weighted by atomic mass is 16.5. The van der Waals surface area contributed by atoms with E-state index < -0.39 is 0 Å². The number of carbonyl (C=O) groups excluding carboxylic acids is 2. The van der Waals surface area contributed by atoms with Gasteiger partial charge < -0.3 is 15.4 Å². The second kappa shape index (κ2) is 10.0. The van der Waals surface area contributed by atoms with E-state index in [1.165, 1.54) is 0 Å². The normalized spacial score (nSPS) is 18.9. The fraction of sp³-hybridized carbons (Fsp3) is 0.435. The van der Waals surface area contributed by atoms with Crippen molar-refractivity contribution in [2.45, 2.75) is 52.2 Å². The number of ether oxygens (including phenoxy) is 1. The van der Waals surface area contributed by atoms with Gasteiger partial charge in [0.2, 0.25) is 11.8 Å². The molecular weight excluding hydrogens is 366 g/mol. The van der Waals surface area contributed by atoms with E-state index in [0.29, 0.717) is 6.54 Å². The lowest BCUT2D eigenvalue weighted by Gasteiger charge is -2.27. The largest absolute Gasteiger partial charge is 0.491 e. The predicted octanol–water partition coefficient (Wildman–Crippen LogP) is 3.93. The zero-order chi connectivity index (χ0) is 20.6. The molecule has 0 radical (unpaired) electrons. The van der Waals surface area contributed by atoms with Gasteiger partial charge in [0.15, 0.2) is 0 Å². The number of hydrogen-bond acceptors (Lipinski definition) is 4. The molecule has 6 nitrogen and oxygen atoms in total. The first-order chi connectivity index (χ1) is 14.0. The van der Waals surface area contributed by atoms with E-state index in [4.69, 9.17) is 4.74 Å². The Morgan fingerprint density at radius 1 is 1.03 bits per heavy atom. The van der Waals surface area contributed by atoms with Gasteiger partial charge in [0.25, 0.3) is 0 Å². The number of benzene rings is 1. The average molecular weight is 396 g/mol. The first-order valence-electron chi connectivity index (χ1n) is 10.3. The van der Waals surface area contributed by atoms with E-state index in [1.54, 1.807) is 12.4 Å². The number of anilines is 1. The second-order valence-corrected chi connectivity index (χ2v) is 7.81. The summed E-state index contributed by atoms with van der Waals surface area (Å²) < 4.78 is 5.62. The molecule has 0 unspecified atom stereocenters. The summed E-state index contributed by atoms with van der Waals surface area (Å²) in [6.07, 6.45) is 6.51. The van der Waals surface area contributed by atoms with Crippen LogP contribution in [0.25, 0.3) is 0 Å². The van der Waals surface area contributed by atoms with Gasteiger partial charge in [-0.3, -0.25) is 14.6 Å². The summed E-state index contributed by atoms with van der Waals surface area (Å²) in [7, 11) is 0. The van der Waals surface area contributed by atoms with Crippen LogP contribution in [0.4, 0.5) is 5.69 Å². The van der Waals surface area contributed by atoms with Crippen LogP contribution in [0, 0.1) is 11.8 Å². The minimum absolute atomic E-state index is 0.0248. The number of pyridine rings is 1. The highest BCUT2D eigenvalue weighted by Crippen LogP contribution is 2.30. The maximum atomic E-state index is 12.6. The number of amides is 2. The zero-order valence-electron chi connectivity index (χ0n) is 17.1. The molecule has 0 atom stereocenters. The monoisotopic (exact) mass is 395 g/mol. The van der Waals surface area contributed by atoms with Gasteiger partial charge >= 0.3 is 0 Å². The summed E-state index contributed by atoms with van der Waals surface area (Å²) >= 11 is 0. The summed E-state index contributed by atoms with van der Waals surface area (Å²) in [4.78, 5) is 29.0. The molecule has 0 spiro atoms. The Kier molecular flexibility index (Phi) is 7.22. The summed E-state index contributed by atoms with van der Waals surface area (Å²) in [6.45, 7) is 4.44. The maximum Gasteiger partial charge on any atom is 0.227 e. The van der Waals surface area contributed by atoms with Gasteiger partial charge in [-0.1, -0.05) is 6.07 Å². The van der Waals surface area contributed by atoms with E-state index in [-0.39, 0.29) is 29.8 Å². The van der Waals surface area contributed by atoms with Crippen molar-refractivity contribution in [2.75, 3.05) is 5.32 Å². The molecule has 154 valence electrons. The molecule has 3 rings (SSSR count). The van der Waals surface area contributed by atoms with Crippen molar-refractivity contribution in [3.8, 4) is 5.75 Å². The number of rotatable bonds is 7. The molecule has 1 aromatic heterocycles. The fourth-order valence-corrected chi connectivity index (χ4v) is 3.59. The van der Waals surface area contributed by atoms with Crippen LogP contribution >= 0.6 is 0 Å². The molecule has 1 aliphatic carbocycles. The Bertz CT molecular complexity index is 798. The second-order valence-electron chi connectivity index (χ2n) is 7.81. The third-order valence-corrected chi connectivity index (χ3v) is 5.15. The fourth-order valence-electron chi connectivity index (χ4n) is 3.59. The van der Waals surface area contributed by atoms with Crippen LogP contribution in [0.15, 0.2) is 48.8 Å². The lowest BCUT2D eigenvalue weighted by atomic mass is 9.81. The number of nitrogens with one attached hydrogen (secondary N) is 2. The molecule has 2 amide bonds. The Hall–Kier alpha value is -2.89. The van der Waals surface area contributed by atoms with Gasteiger partial charge in [-0.05, 0) is 75.4 Å². The molecular formula is C23H29N3O3. The molecule has 0 bridgehead atoms. The van der Waals surface area contributed by atoms with Crippen molar-refractivity contribution < 1.29 is 14.3 Å². The van der Waals surface area contributed by atoms with Crippen LogP contribution in [0.3, 0.4) is 0 Å². The first kappa shape index (κ1) is 20.8. The molecule has 29 heavy (non-hydrogen) atoms. The van der Waals surface area contributed by atoms with Gasteiger partial charge in [0.05, 0.1) is 6.10 Å². The molecule has 6 heteroatoms. The molecule has 2 N–H and O–H groups in total. The lowest BCUT2D eigenvalue weighted by Crippen LogP contribution is -2.35. The summed E-state index contributed by atoms with van der Waals surface area (Å²) in [5, 5.41) is 5.96. The predicted molar refractivity (Wildman–Crippen MR) is 112 cm³/mol. The highest BCUT2D eigenvalue weighted by molar-refractivity contribution is 5.92. The number of hydrogen-bond donors (Lipinski definition) is 2. The van der Waals surface area contributed by atoms with E-state index >= 15 is 0 Å². The topological polar surface area (TPSA) is 80.3 Å². The number of carbonyl (C=O) groups is 2. The van der Waals surface area contributed by atoms with Crippen LogP contribution in [0.5, 0.6) is 5.75 Å². The Balaban J connectivity index is 1.42. The lowest BCUT2D eigenvalue weighted by molar-refractivity contribution is -0.128. The van der Waals surface area contributed by atoms with E-state index in [2.05, 4.69) is 15.6 Å². The van der Waals surface area contributed by atoms with Crippen LogP contribution in [0.2, 0.25) is 0 Å². The minimum atomic E-state index is -0.0519. The maximum absolute atomic E-state index is 12.6. The van der Waals surface area contributed by atoms with Gasteiger partial charge in [-0.2, -0.15) is 0 Å². The summed E-state index contributed by atoms with van der Waals surface area (Å²) in [5.41, 5.74) is 1.75. The molecule has 0 aliphatic heterocycles. The number of aromatic nitrogens is 1. The molecule has 2 aromatic rings. The van der Waals surface area contributed by atoms with E-state index in [1.807, 2.05) is 50.2 Å². The highest BCUT2D eigenvalue weighted by Gasteiger charge is 2.29. The molecule has 0 saturated heterocycles. The molecule has 1 fully saturated rings. The SMILES string of the molecule is CC(C)Oc1ccc(NC(=O)C2CCC(C(=O)NCc3cccnc3)CC2)cc1. The van der Waals surface area contributed by atoms with Crippen molar-refractivity contribution in [3.63, 3.8) is 0 Å². The van der Waals surface area contributed by atoms with Gasteiger partial charge in [0, 0.05) is 36.5 Å². The van der Waals surface area contributed by atoms with Crippen LogP contribution in [-0.2, 0) is 16.1 Å². The number of nitrogens with zero attached hydrogens (tertiary/aromatic N) is 1. The third-order valence-electron chi connectivity index (χ3n) is 5.15. The van der Waals surface area contributed by atoms with Crippen molar-refractivity contribution >= 4 is 17.5 Å². The first-order valence-corrected chi connectivity index (χ1v) is 10.3. The molecule has 1 aliphatic rings. The Morgan fingerprint density at radius 2 is 1.69 bits per heavy atom. The van der Waals surface area contributed by atoms with Gasteiger partial charge in [0.1, 0.15) is 5.75 Å². The van der Waals surface area contributed by atoms with Gasteiger partial charge in [-0.15, -0.1) is 0 Å². The average Bonchev–Trinajstić information content (AvgIpc) is 2.74. The zero-order valence-corrected chi connectivity index (χ0v) is 17.1. The van der Waals surface area contributed by atoms with Gasteiger partial charge in [-0.25, -0.2) is 0 Å². The van der Waals surface area contributed by atoms with Crippen LogP contribution in [-0.4, -0.2) is 22.9 Å².